The molecule has 2 unspecified atom stereocenters. The van der Waals surface area contributed by atoms with Crippen LogP contribution in [-0.2, 0) is 9.53 Å². The van der Waals surface area contributed by atoms with E-state index in [2.05, 4.69) is 24.6 Å². The molecule has 3 nitrogen and oxygen atoms in total. The summed E-state index contributed by atoms with van der Waals surface area (Å²) in [5.41, 5.74) is 2.44. The minimum Gasteiger partial charge on any atom is -0.481 e. The molecule has 1 aliphatic rings. The summed E-state index contributed by atoms with van der Waals surface area (Å²) in [5, 5.41) is 0. The number of aldehydes is 1. The van der Waals surface area contributed by atoms with Crippen LogP contribution < -0.4 is 0 Å². The molecule has 1 rings (SSSR count). The van der Waals surface area contributed by atoms with Gasteiger partial charge in [-0.25, -0.2) is 4.99 Å². The second-order valence-corrected chi connectivity index (χ2v) is 4.62. The normalized spacial score (nSPS) is 24.1. The predicted molar refractivity (Wildman–Crippen MR) is 75.2 cm³/mol. The number of nitrogens with zero attached hydrogens (tertiary/aromatic N) is 1. The quantitative estimate of drug-likeness (QED) is 0.258. The van der Waals surface area contributed by atoms with Gasteiger partial charge in [-0.15, -0.1) is 11.6 Å². The molecule has 0 radical (unpaired) electrons. The Balaban J connectivity index is 3.08. The molecule has 1 aliphatic carbocycles. The van der Waals surface area contributed by atoms with Crippen molar-refractivity contribution in [1.82, 2.24) is 0 Å². The van der Waals surface area contributed by atoms with Crippen molar-refractivity contribution in [3.05, 3.63) is 35.5 Å². The third-order valence-corrected chi connectivity index (χ3v) is 3.15. The van der Waals surface area contributed by atoms with Crippen LogP contribution in [0.4, 0.5) is 0 Å². The Bertz CT molecular complexity index is 435. The lowest BCUT2D eigenvalue weighted by Gasteiger charge is -2.25. The molecule has 0 heterocycles. The van der Waals surface area contributed by atoms with Gasteiger partial charge in [-0.05, 0) is 12.5 Å². The molecule has 0 aromatic rings. The fraction of sp³-hybridized carbons (Fsp3) is 0.429. The van der Waals surface area contributed by atoms with E-state index in [4.69, 9.17) is 16.3 Å². The summed E-state index contributed by atoms with van der Waals surface area (Å²) < 4.78 is 5.10. The van der Waals surface area contributed by atoms with Crippen LogP contribution in [0.5, 0.6) is 0 Å². The molecule has 0 aromatic heterocycles. The van der Waals surface area contributed by atoms with Crippen molar-refractivity contribution in [3.63, 3.8) is 0 Å². The molecule has 98 valence electrons. The lowest BCUT2D eigenvalue weighted by Crippen LogP contribution is -2.24. The zero-order valence-electron chi connectivity index (χ0n) is 10.9. The first-order chi connectivity index (χ1) is 8.53. The molecule has 0 saturated carbocycles. The van der Waals surface area contributed by atoms with Crippen LogP contribution >= 0.6 is 11.6 Å². The van der Waals surface area contributed by atoms with E-state index in [9.17, 15) is 4.79 Å². The minimum atomic E-state index is -0.0992. The number of carbonyl (C=O) groups excluding carboxylic acids is 1. The highest BCUT2D eigenvalue weighted by Crippen LogP contribution is 2.27. The number of halogens is 1. The van der Waals surface area contributed by atoms with Crippen molar-refractivity contribution in [1.29, 1.82) is 0 Å². The highest BCUT2D eigenvalue weighted by atomic mass is 35.5. The van der Waals surface area contributed by atoms with E-state index in [0.717, 1.165) is 5.57 Å². The number of hydrogen-bond donors (Lipinski definition) is 0. The molecular formula is C14H18ClNO2. The molecule has 2 atom stereocenters. The first-order valence-electron chi connectivity index (χ1n) is 5.74. The summed E-state index contributed by atoms with van der Waals surface area (Å²) in [6, 6.07) is -0.0992. The van der Waals surface area contributed by atoms with Crippen molar-refractivity contribution in [2.24, 2.45) is 10.9 Å². The first-order valence-corrected chi connectivity index (χ1v) is 6.28. The number of allylic oxidation sites excluding steroid dienone is 2. The predicted octanol–water partition coefficient (Wildman–Crippen LogP) is 2.92. The number of alkyl halides is 1. The van der Waals surface area contributed by atoms with Crippen molar-refractivity contribution < 1.29 is 9.53 Å². The smallest absolute Gasteiger partial charge is 0.219 e. The lowest BCUT2D eigenvalue weighted by molar-refractivity contribution is -0.104. The van der Waals surface area contributed by atoms with Gasteiger partial charge in [0.15, 0.2) is 6.29 Å². The molecule has 0 spiro atoms. The Morgan fingerprint density at radius 2 is 2.33 bits per heavy atom. The van der Waals surface area contributed by atoms with Gasteiger partial charge < -0.3 is 4.74 Å². The van der Waals surface area contributed by atoms with Gasteiger partial charge in [-0.2, -0.15) is 0 Å². The largest absolute Gasteiger partial charge is 0.481 e. The molecule has 4 heteroatoms. The first kappa shape index (κ1) is 14.7. The average molecular weight is 268 g/mol. The number of hydrogen-bond acceptors (Lipinski definition) is 3. The number of aliphatic imine (C=N–C) groups is 1. The van der Waals surface area contributed by atoms with E-state index in [-0.39, 0.29) is 23.4 Å². The Hall–Kier alpha value is -1.35. The van der Waals surface area contributed by atoms with E-state index in [0.29, 0.717) is 12.2 Å². The summed E-state index contributed by atoms with van der Waals surface area (Å²) in [7, 11) is 1.48. The van der Waals surface area contributed by atoms with Gasteiger partial charge in [0.25, 0.3) is 0 Å². The van der Waals surface area contributed by atoms with Crippen molar-refractivity contribution in [2.45, 2.75) is 19.9 Å². The zero-order valence-corrected chi connectivity index (χ0v) is 11.7. The van der Waals surface area contributed by atoms with E-state index >= 15 is 0 Å². The minimum absolute atomic E-state index is 0.0992. The van der Waals surface area contributed by atoms with E-state index in [1.807, 2.05) is 13.0 Å². The second-order valence-electron chi connectivity index (χ2n) is 4.35. The van der Waals surface area contributed by atoms with Gasteiger partial charge in [0.1, 0.15) is 0 Å². The molecule has 0 aromatic carbocycles. The summed E-state index contributed by atoms with van der Waals surface area (Å²) in [4.78, 5) is 15.2. The van der Waals surface area contributed by atoms with Crippen molar-refractivity contribution >= 4 is 23.8 Å². The maximum absolute atomic E-state index is 10.7. The van der Waals surface area contributed by atoms with Crippen LogP contribution in [0.2, 0.25) is 0 Å². The van der Waals surface area contributed by atoms with Gasteiger partial charge in [0.2, 0.25) is 5.90 Å². The van der Waals surface area contributed by atoms with Crippen LogP contribution in [0.15, 0.2) is 40.4 Å². The maximum atomic E-state index is 10.7. The van der Waals surface area contributed by atoms with Crippen LogP contribution in [-0.4, -0.2) is 31.2 Å². The number of rotatable bonds is 4. The number of carbonyl (C=O) groups is 1. The van der Waals surface area contributed by atoms with Gasteiger partial charge in [-0.1, -0.05) is 31.2 Å². The van der Waals surface area contributed by atoms with Crippen LogP contribution in [0.3, 0.4) is 0 Å². The topological polar surface area (TPSA) is 38.7 Å². The second kappa shape index (κ2) is 6.55. The fourth-order valence-corrected chi connectivity index (χ4v) is 2.27. The van der Waals surface area contributed by atoms with Crippen LogP contribution in [0.25, 0.3) is 0 Å². The molecule has 18 heavy (non-hydrogen) atoms. The molecule has 0 fully saturated rings. The fourth-order valence-electron chi connectivity index (χ4n) is 2.03. The lowest BCUT2D eigenvalue weighted by atomic mass is 9.88. The molecule has 0 amide bonds. The Labute approximate surface area is 113 Å². The van der Waals surface area contributed by atoms with E-state index < -0.39 is 0 Å². The number of methoxy groups -OCH3 is 1. The van der Waals surface area contributed by atoms with Crippen LogP contribution in [0.1, 0.15) is 13.8 Å². The number of ether oxygens (including phenoxy) is 1. The molecule has 0 N–H and O–H groups in total. The van der Waals surface area contributed by atoms with E-state index in [1.54, 1.807) is 0 Å². The summed E-state index contributed by atoms with van der Waals surface area (Å²) in [6.07, 6.45) is 4.79. The Morgan fingerprint density at radius 1 is 1.67 bits per heavy atom. The van der Waals surface area contributed by atoms with Crippen molar-refractivity contribution in [3.8, 4) is 0 Å². The highest BCUT2D eigenvalue weighted by molar-refractivity contribution is 6.19. The van der Waals surface area contributed by atoms with Gasteiger partial charge >= 0.3 is 0 Å². The van der Waals surface area contributed by atoms with E-state index in [1.165, 1.54) is 12.7 Å². The third kappa shape index (κ3) is 3.33. The van der Waals surface area contributed by atoms with Crippen molar-refractivity contribution in [2.75, 3.05) is 13.0 Å². The SMILES string of the molecule is C=C(C=O)/C(=N\C1C(CCl)=CC(C)=CC1C)OC. The third-order valence-electron chi connectivity index (χ3n) is 2.84. The Morgan fingerprint density at radius 3 is 2.83 bits per heavy atom. The summed E-state index contributed by atoms with van der Waals surface area (Å²) in [5.74, 6) is 0.896. The monoisotopic (exact) mass is 267 g/mol. The molecule has 0 bridgehead atoms. The summed E-state index contributed by atoms with van der Waals surface area (Å²) >= 11 is 5.95. The molecular weight excluding hydrogens is 250 g/mol. The van der Waals surface area contributed by atoms with Gasteiger partial charge in [0.05, 0.1) is 18.7 Å². The van der Waals surface area contributed by atoms with Crippen LogP contribution in [0, 0.1) is 5.92 Å². The summed E-state index contributed by atoms with van der Waals surface area (Å²) in [6.45, 7) is 7.70. The highest BCUT2D eigenvalue weighted by Gasteiger charge is 2.23. The average Bonchev–Trinajstić information content (AvgIpc) is 2.36. The molecule has 0 aliphatic heterocycles. The Kier molecular flexibility index (Phi) is 5.35. The zero-order chi connectivity index (χ0) is 13.7. The standard InChI is InChI=1S/C14H18ClNO2/c1-9-5-10(2)13(12(6-9)7-15)16-14(18-4)11(3)8-17/h5-6,8,10,13H,3,7H2,1-2,4H3/b16-14+. The molecule has 0 saturated heterocycles. The van der Waals surface area contributed by atoms with Gasteiger partial charge in [-0.3, -0.25) is 4.79 Å². The maximum Gasteiger partial charge on any atom is 0.219 e. The van der Waals surface area contributed by atoms with Gasteiger partial charge in [0, 0.05) is 11.8 Å².